The fraction of sp³-hybridized carbons (Fsp3) is 0.941. The van der Waals surface area contributed by atoms with Crippen LogP contribution in [0.3, 0.4) is 0 Å². The molecule has 3 heteroatoms. The molecule has 1 aliphatic rings. The molecule has 1 rings (SSSR count). The van der Waals surface area contributed by atoms with E-state index in [9.17, 15) is 5.26 Å². The third-order valence-electron chi connectivity index (χ3n) is 4.25. The second-order valence-electron chi connectivity index (χ2n) is 7.05. The van der Waals surface area contributed by atoms with Crippen LogP contribution < -0.4 is 5.32 Å². The molecule has 1 atom stereocenters. The Balaban J connectivity index is 2.43. The third kappa shape index (κ3) is 5.81. The summed E-state index contributed by atoms with van der Waals surface area (Å²) in [6.07, 6.45) is 5.47. The van der Waals surface area contributed by atoms with Gasteiger partial charge >= 0.3 is 0 Å². The molecular formula is C17H33N3. The first kappa shape index (κ1) is 17.5. The Morgan fingerprint density at radius 3 is 2.35 bits per heavy atom. The Kier molecular flexibility index (Phi) is 6.99. The van der Waals surface area contributed by atoms with Crippen molar-refractivity contribution in [3.63, 3.8) is 0 Å². The smallest absolute Gasteiger partial charge is 0.106 e. The zero-order chi connectivity index (χ0) is 15.2. The van der Waals surface area contributed by atoms with Crippen LogP contribution in [0, 0.1) is 17.2 Å². The van der Waals surface area contributed by atoms with E-state index in [2.05, 4.69) is 50.9 Å². The van der Waals surface area contributed by atoms with Crippen LogP contribution in [-0.4, -0.2) is 35.6 Å². The molecule has 1 N–H and O–H groups in total. The normalized spacial score (nSPS) is 18.6. The van der Waals surface area contributed by atoms with Crippen LogP contribution in [-0.2, 0) is 0 Å². The van der Waals surface area contributed by atoms with Crippen molar-refractivity contribution in [3.8, 4) is 6.07 Å². The second-order valence-corrected chi connectivity index (χ2v) is 7.05. The topological polar surface area (TPSA) is 39.1 Å². The maximum absolute atomic E-state index is 9.55. The minimum absolute atomic E-state index is 0.290. The van der Waals surface area contributed by atoms with Crippen molar-refractivity contribution >= 4 is 0 Å². The number of nitrogens with zero attached hydrogens (tertiary/aromatic N) is 2. The Morgan fingerprint density at radius 1 is 1.30 bits per heavy atom. The summed E-state index contributed by atoms with van der Waals surface area (Å²) in [5, 5.41) is 13.1. The van der Waals surface area contributed by atoms with E-state index < -0.39 is 0 Å². The Hall–Kier alpha value is -0.590. The zero-order valence-corrected chi connectivity index (χ0v) is 14.1. The molecule has 0 amide bonds. The van der Waals surface area contributed by atoms with Crippen molar-refractivity contribution in [3.05, 3.63) is 0 Å². The van der Waals surface area contributed by atoms with Gasteiger partial charge in [-0.05, 0) is 58.4 Å². The SMILES string of the molecule is CCC(C#N)(CCCN(CC(C)C)C(C)C)NC1CC1. The van der Waals surface area contributed by atoms with Gasteiger partial charge in [-0.3, -0.25) is 5.32 Å². The number of hydrogen-bond acceptors (Lipinski definition) is 3. The number of nitriles is 1. The van der Waals surface area contributed by atoms with Gasteiger partial charge in [0.1, 0.15) is 5.54 Å². The van der Waals surface area contributed by atoms with Crippen LogP contribution in [0.25, 0.3) is 0 Å². The summed E-state index contributed by atoms with van der Waals surface area (Å²) in [7, 11) is 0. The summed E-state index contributed by atoms with van der Waals surface area (Å²) in [4.78, 5) is 2.54. The average Bonchev–Trinajstić information content (AvgIpc) is 3.19. The molecule has 0 spiro atoms. The van der Waals surface area contributed by atoms with E-state index >= 15 is 0 Å². The van der Waals surface area contributed by atoms with Crippen LogP contribution in [0.4, 0.5) is 0 Å². The van der Waals surface area contributed by atoms with Crippen LogP contribution in [0.15, 0.2) is 0 Å². The summed E-state index contributed by atoms with van der Waals surface area (Å²) >= 11 is 0. The predicted molar refractivity (Wildman–Crippen MR) is 85.6 cm³/mol. The molecule has 1 saturated carbocycles. The lowest BCUT2D eigenvalue weighted by Gasteiger charge is -2.31. The summed E-state index contributed by atoms with van der Waals surface area (Å²) in [6.45, 7) is 13.5. The molecule has 0 bridgehead atoms. The molecule has 0 aromatic rings. The fourth-order valence-corrected chi connectivity index (χ4v) is 2.75. The molecule has 116 valence electrons. The van der Waals surface area contributed by atoms with Crippen LogP contribution in [0.5, 0.6) is 0 Å². The van der Waals surface area contributed by atoms with E-state index in [0.717, 1.165) is 32.4 Å². The maximum atomic E-state index is 9.55. The highest BCUT2D eigenvalue weighted by atomic mass is 15.1. The number of nitrogens with one attached hydrogen (secondary N) is 1. The van der Waals surface area contributed by atoms with Gasteiger partial charge in [0.15, 0.2) is 0 Å². The average molecular weight is 279 g/mol. The summed E-state index contributed by atoms with van der Waals surface area (Å²) in [5.41, 5.74) is -0.290. The van der Waals surface area contributed by atoms with Crippen molar-refractivity contribution in [1.29, 1.82) is 5.26 Å². The third-order valence-corrected chi connectivity index (χ3v) is 4.25. The molecule has 1 aliphatic carbocycles. The minimum atomic E-state index is -0.290. The molecule has 20 heavy (non-hydrogen) atoms. The number of rotatable bonds is 10. The highest BCUT2D eigenvalue weighted by Gasteiger charge is 2.34. The van der Waals surface area contributed by atoms with Crippen molar-refractivity contribution in [2.45, 2.75) is 84.3 Å². The molecule has 0 saturated heterocycles. The van der Waals surface area contributed by atoms with Gasteiger partial charge in [0.2, 0.25) is 0 Å². The van der Waals surface area contributed by atoms with E-state index in [0.29, 0.717) is 18.0 Å². The maximum Gasteiger partial charge on any atom is 0.106 e. The van der Waals surface area contributed by atoms with E-state index in [1.807, 2.05) is 0 Å². The largest absolute Gasteiger partial charge is 0.301 e. The molecule has 3 nitrogen and oxygen atoms in total. The number of hydrogen-bond donors (Lipinski definition) is 1. The summed E-state index contributed by atoms with van der Waals surface area (Å²) < 4.78 is 0. The first-order chi connectivity index (χ1) is 9.42. The van der Waals surface area contributed by atoms with Crippen LogP contribution in [0.1, 0.15) is 66.7 Å². The summed E-state index contributed by atoms with van der Waals surface area (Å²) in [5.74, 6) is 0.703. The monoisotopic (exact) mass is 279 g/mol. The molecule has 0 aromatic carbocycles. The van der Waals surface area contributed by atoms with Gasteiger partial charge < -0.3 is 4.90 Å². The lowest BCUT2D eigenvalue weighted by Crippen LogP contribution is -2.45. The molecule has 0 aliphatic heterocycles. The van der Waals surface area contributed by atoms with Gasteiger partial charge in [0.05, 0.1) is 6.07 Å². The Labute approximate surface area is 125 Å². The molecular weight excluding hydrogens is 246 g/mol. The van der Waals surface area contributed by atoms with Gasteiger partial charge in [-0.25, -0.2) is 0 Å². The predicted octanol–water partition coefficient (Wildman–Crippen LogP) is 3.56. The van der Waals surface area contributed by atoms with Gasteiger partial charge in [-0.2, -0.15) is 5.26 Å². The molecule has 0 radical (unpaired) electrons. The second kappa shape index (κ2) is 8.00. The molecule has 0 heterocycles. The molecule has 0 aromatic heterocycles. The fourth-order valence-electron chi connectivity index (χ4n) is 2.75. The first-order valence-electron chi connectivity index (χ1n) is 8.35. The lowest BCUT2D eigenvalue weighted by atomic mass is 9.91. The van der Waals surface area contributed by atoms with Crippen LogP contribution >= 0.6 is 0 Å². The standard InChI is InChI=1S/C17H33N3/c1-6-17(13-18,19-16-8-9-16)10-7-11-20(15(4)5)12-14(2)3/h14-16,19H,6-12H2,1-5H3. The zero-order valence-electron chi connectivity index (χ0n) is 14.1. The van der Waals surface area contributed by atoms with E-state index in [1.165, 1.54) is 12.8 Å². The van der Waals surface area contributed by atoms with Crippen molar-refractivity contribution in [2.75, 3.05) is 13.1 Å². The Morgan fingerprint density at radius 2 is 1.95 bits per heavy atom. The molecule has 1 unspecified atom stereocenters. The lowest BCUT2D eigenvalue weighted by molar-refractivity contribution is 0.187. The molecule has 1 fully saturated rings. The highest BCUT2D eigenvalue weighted by molar-refractivity contribution is 5.09. The van der Waals surface area contributed by atoms with Crippen molar-refractivity contribution in [1.82, 2.24) is 10.2 Å². The van der Waals surface area contributed by atoms with E-state index in [4.69, 9.17) is 0 Å². The summed E-state index contributed by atoms with van der Waals surface area (Å²) in [6, 6.07) is 3.74. The van der Waals surface area contributed by atoms with Gasteiger partial charge in [0, 0.05) is 18.6 Å². The minimum Gasteiger partial charge on any atom is -0.301 e. The van der Waals surface area contributed by atoms with Gasteiger partial charge in [0.25, 0.3) is 0 Å². The van der Waals surface area contributed by atoms with Crippen molar-refractivity contribution in [2.24, 2.45) is 5.92 Å². The Bertz CT molecular complexity index is 315. The highest BCUT2D eigenvalue weighted by Crippen LogP contribution is 2.26. The van der Waals surface area contributed by atoms with Gasteiger partial charge in [-0.1, -0.05) is 20.8 Å². The van der Waals surface area contributed by atoms with Gasteiger partial charge in [-0.15, -0.1) is 0 Å². The van der Waals surface area contributed by atoms with Crippen LogP contribution in [0.2, 0.25) is 0 Å². The van der Waals surface area contributed by atoms with E-state index in [1.54, 1.807) is 0 Å². The van der Waals surface area contributed by atoms with E-state index in [-0.39, 0.29) is 5.54 Å². The van der Waals surface area contributed by atoms with Crippen molar-refractivity contribution < 1.29 is 0 Å². The quantitative estimate of drug-likeness (QED) is 0.664. The first-order valence-corrected chi connectivity index (χ1v) is 8.35.